The summed E-state index contributed by atoms with van der Waals surface area (Å²) < 4.78 is 8.65. The number of thiophene rings is 1. The summed E-state index contributed by atoms with van der Waals surface area (Å²) in [7, 11) is 2.58. The molecule has 0 saturated heterocycles. The van der Waals surface area contributed by atoms with Crippen LogP contribution in [-0.4, -0.2) is 37.3 Å². The Balaban J connectivity index is 1.59. The van der Waals surface area contributed by atoms with Crippen molar-refractivity contribution in [3.05, 3.63) is 73.4 Å². The molecule has 0 aliphatic rings. The molecule has 0 radical (unpaired) electrons. The quantitative estimate of drug-likeness (QED) is 0.357. The fraction of sp³-hybridized carbons (Fsp3) is 0.190. The Bertz CT molecular complexity index is 1490. The second-order valence-corrected chi connectivity index (χ2v) is 8.16. The molecule has 32 heavy (non-hydrogen) atoms. The van der Waals surface area contributed by atoms with Crippen LogP contribution in [0.1, 0.15) is 25.7 Å². The van der Waals surface area contributed by atoms with Gasteiger partial charge in [-0.15, -0.1) is 11.3 Å². The summed E-state index contributed by atoms with van der Waals surface area (Å²) in [6.07, 6.45) is 0. The van der Waals surface area contributed by atoms with E-state index in [1.165, 1.54) is 25.4 Å². The van der Waals surface area contributed by atoms with Gasteiger partial charge in [0.25, 0.3) is 5.56 Å². The van der Waals surface area contributed by atoms with Crippen molar-refractivity contribution < 1.29 is 14.3 Å². The van der Waals surface area contributed by atoms with E-state index in [1.54, 1.807) is 10.7 Å². The van der Waals surface area contributed by atoms with Crippen molar-refractivity contribution in [2.75, 3.05) is 12.3 Å². The van der Waals surface area contributed by atoms with Gasteiger partial charge in [0.1, 0.15) is 21.1 Å². The van der Waals surface area contributed by atoms with Crippen molar-refractivity contribution in [1.82, 2.24) is 18.9 Å². The van der Waals surface area contributed by atoms with Crippen LogP contribution in [0.2, 0.25) is 0 Å². The molecule has 4 aromatic rings. The standard InChI is InChI=1S/C21H19N5O5S/c1-11-13-9-15(32-19(13)26(23-11)12-7-5-4-6-8-12)20(29)31-10-14(27)16-17(22)24(2)21(30)25(3)18(16)28/h4-9H,10,22H2,1-3H3. The van der Waals surface area contributed by atoms with Gasteiger partial charge in [-0.3, -0.25) is 18.7 Å². The van der Waals surface area contributed by atoms with Gasteiger partial charge < -0.3 is 10.5 Å². The molecule has 0 saturated carbocycles. The lowest BCUT2D eigenvalue weighted by Crippen LogP contribution is -2.42. The highest BCUT2D eigenvalue weighted by molar-refractivity contribution is 7.20. The molecule has 3 heterocycles. The summed E-state index contributed by atoms with van der Waals surface area (Å²) in [6, 6.07) is 11.1. The van der Waals surface area contributed by atoms with Crippen molar-refractivity contribution in [2.45, 2.75) is 6.92 Å². The zero-order chi connectivity index (χ0) is 23.2. The Morgan fingerprint density at radius 3 is 2.50 bits per heavy atom. The van der Waals surface area contributed by atoms with Gasteiger partial charge in [-0.2, -0.15) is 5.10 Å². The number of aryl methyl sites for hydroxylation is 1. The topological polar surface area (TPSA) is 131 Å². The number of nitrogens with two attached hydrogens (primary N) is 1. The molecule has 4 rings (SSSR count). The molecule has 2 N–H and O–H groups in total. The molecule has 164 valence electrons. The van der Waals surface area contributed by atoms with E-state index < -0.39 is 35.2 Å². The van der Waals surface area contributed by atoms with Gasteiger partial charge in [0.05, 0.1) is 11.4 Å². The summed E-state index contributed by atoms with van der Waals surface area (Å²) in [5.41, 5.74) is 5.48. The van der Waals surface area contributed by atoms with Crippen LogP contribution in [-0.2, 0) is 18.8 Å². The monoisotopic (exact) mass is 453 g/mol. The lowest BCUT2D eigenvalue weighted by atomic mass is 10.2. The number of Topliss-reactive ketones (excluding diaryl/α,β-unsaturated/α-hetero) is 1. The number of nitrogens with zero attached hydrogens (tertiary/aromatic N) is 4. The van der Waals surface area contributed by atoms with Crippen molar-refractivity contribution in [1.29, 1.82) is 0 Å². The molecule has 0 spiro atoms. The number of ether oxygens (including phenoxy) is 1. The Hall–Kier alpha value is -3.99. The van der Waals surface area contributed by atoms with E-state index in [1.807, 2.05) is 37.3 Å². The molecule has 11 heteroatoms. The van der Waals surface area contributed by atoms with E-state index in [0.717, 1.165) is 30.7 Å². The van der Waals surface area contributed by atoms with E-state index in [-0.39, 0.29) is 5.82 Å². The highest BCUT2D eigenvalue weighted by Gasteiger charge is 2.23. The van der Waals surface area contributed by atoms with Gasteiger partial charge in [-0.1, -0.05) is 18.2 Å². The highest BCUT2D eigenvalue weighted by Crippen LogP contribution is 2.30. The van der Waals surface area contributed by atoms with E-state index in [9.17, 15) is 19.2 Å². The fourth-order valence-electron chi connectivity index (χ4n) is 3.29. The first kappa shape index (κ1) is 21.2. The summed E-state index contributed by atoms with van der Waals surface area (Å²) in [6.45, 7) is 1.15. The van der Waals surface area contributed by atoms with Gasteiger partial charge in [-0.05, 0) is 25.1 Å². The Morgan fingerprint density at radius 1 is 1.12 bits per heavy atom. The number of ketones is 1. The number of rotatable bonds is 5. The van der Waals surface area contributed by atoms with Gasteiger partial charge in [-0.25, -0.2) is 14.3 Å². The summed E-state index contributed by atoms with van der Waals surface area (Å²) in [4.78, 5) is 50.4. The number of carbonyl (C=O) groups excluding carboxylic acids is 2. The van der Waals surface area contributed by atoms with Crippen LogP contribution < -0.4 is 17.0 Å². The first-order valence-corrected chi connectivity index (χ1v) is 10.3. The van der Waals surface area contributed by atoms with Crippen LogP contribution in [0.3, 0.4) is 0 Å². The maximum absolute atomic E-state index is 12.6. The normalized spacial score (nSPS) is 11.1. The minimum atomic E-state index is -0.841. The molecule has 0 unspecified atom stereocenters. The van der Waals surface area contributed by atoms with Crippen LogP contribution in [0.15, 0.2) is 46.0 Å². The maximum Gasteiger partial charge on any atom is 0.348 e. The van der Waals surface area contributed by atoms with Gasteiger partial charge in [0.2, 0.25) is 5.78 Å². The molecule has 3 aromatic heterocycles. The molecular weight excluding hydrogens is 434 g/mol. The van der Waals surface area contributed by atoms with E-state index >= 15 is 0 Å². The number of nitrogen functional groups attached to an aromatic ring is 1. The fourth-order valence-corrected chi connectivity index (χ4v) is 4.37. The second kappa shape index (κ2) is 7.93. The first-order chi connectivity index (χ1) is 15.2. The molecule has 0 atom stereocenters. The average molecular weight is 453 g/mol. The largest absolute Gasteiger partial charge is 0.453 e. The number of aromatic nitrogens is 4. The molecular formula is C21H19N5O5S. The van der Waals surface area contributed by atoms with E-state index in [2.05, 4.69) is 5.10 Å². The number of para-hydroxylation sites is 1. The molecule has 10 nitrogen and oxygen atoms in total. The first-order valence-electron chi connectivity index (χ1n) is 9.51. The number of hydrogen-bond acceptors (Lipinski definition) is 8. The van der Waals surface area contributed by atoms with Crippen LogP contribution in [0.5, 0.6) is 0 Å². The number of benzene rings is 1. The van der Waals surface area contributed by atoms with Crippen LogP contribution in [0.4, 0.5) is 5.82 Å². The van der Waals surface area contributed by atoms with Gasteiger partial charge in [0.15, 0.2) is 6.61 Å². The summed E-state index contributed by atoms with van der Waals surface area (Å²) in [5, 5.41) is 5.32. The Labute approximate surface area is 185 Å². The number of hydrogen-bond donors (Lipinski definition) is 1. The van der Waals surface area contributed by atoms with Crippen LogP contribution in [0.25, 0.3) is 15.9 Å². The van der Waals surface area contributed by atoms with Crippen LogP contribution >= 0.6 is 11.3 Å². The molecule has 0 aliphatic heterocycles. The third-order valence-electron chi connectivity index (χ3n) is 5.07. The second-order valence-electron chi connectivity index (χ2n) is 7.13. The molecule has 0 aliphatic carbocycles. The smallest absolute Gasteiger partial charge is 0.348 e. The maximum atomic E-state index is 12.6. The SMILES string of the molecule is Cc1nn(-c2ccccc2)c2sc(C(=O)OCC(=O)c3c(N)n(C)c(=O)n(C)c3=O)cc12. The Kier molecular flexibility index (Phi) is 5.26. The van der Waals surface area contributed by atoms with Crippen molar-refractivity contribution in [3.63, 3.8) is 0 Å². The molecule has 0 amide bonds. The summed E-state index contributed by atoms with van der Waals surface area (Å²) in [5.74, 6) is -1.78. The number of carbonyl (C=O) groups is 2. The predicted molar refractivity (Wildman–Crippen MR) is 120 cm³/mol. The minimum absolute atomic E-state index is 0.278. The lowest BCUT2D eigenvalue weighted by molar-refractivity contribution is 0.0479. The third kappa shape index (κ3) is 3.42. The van der Waals surface area contributed by atoms with E-state index in [0.29, 0.717) is 4.88 Å². The summed E-state index contributed by atoms with van der Waals surface area (Å²) >= 11 is 1.19. The molecule has 0 fully saturated rings. The average Bonchev–Trinajstić information content (AvgIpc) is 3.36. The third-order valence-corrected chi connectivity index (χ3v) is 6.16. The molecule has 0 bridgehead atoms. The minimum Gasteiger partial charge on any atom is -0.453 e. The van der Waals surface area contributed by atoms with Gasteiger partial charge >= 0.3 is 11.7 Å². The van der Waals surface area contributed by atoms with Crippen molar-refractivity contribution >= 4 is 39.1 Å². The zero-order valence-corrected chi connectivity index (χ0v) is 18.3. The zero-order valence-electron chi connectivity index (χ0n) is 17.5. The van der Waals surface area contributed by atoms with Crippen molar-refractivity contribution in [2.24, 2.45) is 14.1 Å². The number of fused-ring (bicyclic) bond motifs is 1. The highest BCUT2D eigenvalue weighted by atomic mass is 32.1. The predicted octanol–water partition coefficient (Wildman–Crippen LogP) is 1.41. The Morgan fingerprint density at radius 2 is 1.81 bits per heavy atom. The van der Waals surface area contributed by atoms with E-state index in [4.69, 9.17) is 10.5 Å². The van der Waals surface area contributed by atoms with Gasteiger partial charge in [0, 0.05) is 19.5 Å². The number of anilines is 1. The molecule has 1 aromatic carbocycles. The number of esters is 1. The van der Waals surface area contributed by atoms with Crippen LogP contribution in [0, 0.1) is 6.92 Å². The lowest BCUT2D eigenvalue weighted by Gasteiger charge is -2.10. The van der Waals surface area contributed by atoms with Crippen molar-refractivity contribution in [3.8, 4) is 5.69 Å².